The molecule has 0 aliphatic rings. The minimum atomic E-state index is -0.0943. The van der Waals surface area contributed by atoms with E-state index >= 15 is 0 Å². The van der Waals surface area contributed by atoms with Gasteiger partial charge >= 0.3 is 0 Å². The average molecular weight is 270 g/mol. The van der Waals surface area contributed by atoms with Crippen molar-refractivity contribution < 1.29 is 9.53 Å². The number of nitrogens with one attached hydrogen (secondary N) is 1. The molecule has 2 aromatic rings. The number of ether oxygens (including phenoxy) is 1. The number of methoxy groups -OCH3 is 1. The first-order valence-electron chi connectivity index (χ1n) is 6.33. The van der Waals surface area contributed by atoms with E-state index in [1.165, 1.54) is 0 Å². The van der Waals surface area contributed by atoms with Gasteiger partial charge in [0.2, 0.25) is 0 Å². The first-order valence-corrected chi connectivity index (χ1v) is 6.33. The summed E-state index contributed by atoms with van der Waals surface area (Å²) in [6, 6.07) is 11.2. The largest absolute Gasteiger partial charge is 0.495 e. The Labute approximate surface area is 118 Å². The smallest absolute Gasteiger partial charge is 0.251 e. The maximum Gasteiger partial charge on any atom is 0.251 e. The summed E-state index contributed by atoms with van der Waals surface area (Å²) in [5.41, 5.74) is 10.3. The molecule has 2 rings (SSSR count). The molecule has 1 amide bonds. The van der Waals surface area contributed by atoms with E-state index in [1.54, 1.807) is 26.3 Å². The van der Waals surface area contributed by atoms with Crippen LogP contribution in [-0.4, -0.2) is 20.1 Å². The highest BCUT2D eigenvalue weighted by molar-refractivity contribution is 5.94. The number of aryl methyl sites for hydroxylation is 1. The molecule has 20 heavy (non-hydrogen) atoms. The second kappa shape index (κ2) is 5.65. The van der Waals surface area contributed by atoms with Crippen LogP contribution < -0.4 is 15.8 Å². The lowest BCUT2D eigenvalue weighted by molar-refractivity contribution is 0.0963. The summed E-state index contributed by atoms with van der Waals surface area (Å²) < 4.78 is 5.25. The molecule has 0 spiro atoms. The minimum Gasteiger partial charge on any atom is -0.495 e. The van der Waals surface area contributed by atoms with E-state index in [1.807, 2.05) is 31.2 Å². The van der Waals surface area contributed by atoms with Crippen molar-refractivity contribution in [2.75, 3.05) is 19.9 Å². The van der Waals surface area contributed by atoms with Crippen molar-refractivity contribution in [3.63, 3.8) is 0 Å². The summed E-state index contributed by atoms with van der Waals surface area (Å²) in [5.74, 6) is 0.559. The standard InChI is InChI=1S/C16H18N2O2/c1-10-8-14(17)15(20-3)9-13(10)11-4-6-12(7-5-11)16(19)18-2/h4-9H,17H2,1-3H3,(H,18,19). The van der Waals surface area contributed by atoms with E-state index in [9.17, 15) is 4.79 Å². The first kappa shape index (κ1) is 13.9. The van der Waals surface area contributed by atoms with E-state index < -0.39 is 0 Å². The number of rotatable bonds is 3. The Balaban J connectivity index is 2.44. The van der Waals surface area contributed by atoms with Gasteiger partial charge in [-0.1, -0.05) is 12.1 Å². The third-order valence-corrected chi connectivity index (χ3v) is 3.26. The number of nitrogen functional groups attached to an aromatic ring is 1. The van der Waals surface area contributed by atoms with E-state index in [-0.39, 0.29) is 5.91 Å². The molecule has 0 bridgehead atoms. The van der Waals surface area contributed by atoms with Crippen LogP contribution in [0.3, 0.4) is 0 Å². The van der Waals surface area contributed by atoms with Crippen LogP contribution in [0, 0.1) is 6.92 Å². The van der Waals surface area contributed by atoms with Crippen LogP contribution in [0.25, 0.3) is 11.1 Å². The van der Waals surface area contributed by atoms with Crippen molar-refractivity contribution in [1.82, 2.24) is 5.32 Å². The fourth-order valence-electron chi connectivity index (χ4n) is 2.14. The lowest BCUT2D eigenvalue weighted by atomic mass is 9.98. The Hall–Kier alpha value is -2.49. The van der Waals surface area contributed by atoms with Gasteiger partial charge in [0.15, 0.2) is 0 Å². The molecular weight excluding hydrogens is 252 g/mol. The van der Waals surface area contributed by atoms with Crippen molar-refractivity contribution >= 4 is 11.6 Å². The molecule has 0 atom stereocenters. The number of hydrogen-bond donors (Lipinski definition) is 2. The van der Waals surface area contributed by atoms with Gasteiger partial charge in [0.05, 0.1) is 12.8 Å². The molecule has 4 heteroatoms. The Morgan fingerprint density at radius 1 is 1.20 bits per heavy atom. The normalized spacial score (nSPS) is 10.2. The Bertz CT molecular complexity index is 634. The van der Waals surface area contributed by atoms with E-state index in [2.05, 4.69) is 5.32 Å². The molecule has 4 nitrogen and oxygen atoms in total. The topological polar surface area (TPSA) is 64.3 Å². The molecule has 0 aliphatic carbocycles. The molecule has 0 aromatic heterocycles. The van der Waals surface area contributed by atoms with Crippen molar-refractivity contribution in [2.24, 2.45) is 0 Å². The summed E-state index contributed by atoms with van der Waals surface area (Å²) in [6.07, 6.45) is 0. The molecule has 0 saturated heterocycles. The predicted octanol–water partition coefficient (Wildman–Crippen LogP) is 2.61. The van der Waals surface area contributed by atoms with Crippen molar-refractivity contribution in [3.05, 3.63) is 47.5 Å². The van der Waals surface area contributed by atoms with Gasteiger partial charge in [-0.15, -0.1) is 0 Å². The predicted molar refractivity (Wildman–Crippen MR) is 81.0 cm³/mol. The number of carbonyl (C=O) groups is 1. The molecule has 0 radical (unpaired) electrons. The molecule has 0 heterocycles. The number of nitrogens with two attached hydrogens (primary N) is 1. The molecule has 0 aliphatic heterocycles. The van der Waals surface area contributed by atoms with Crippen LogP contribution in [0.4, 0.5) is 5.69 Å². The number of amides is 1. The van der Waals surface area contributed by atoms with Gasteiger partial charge in [0.1, 0.15) is 5.75 Å². The maximum absolute atomic E-state index is 11.5. The van der Waals surface area contributed by atoms with Gasteiger partial charge < -0.3 is 15.8 Å². The highest BCUT2D eigenvalue weighted by Gasteiger charge is 2.09. The molecule has 0 saturated carbocycles. The van der Waals surface area contributed by atoms with Gasteiger partial charge in [0, 0.05) is 12.6 Å². The molecule has 0 fully saturated rings. The summed E-state index contributed by atoms with van der Waals surface area (Å²) in [6.45, 7) is 2.00. The molecule has 104 valence electrons. The van der Waals surface area contributed by atoms with Gasteiger partial charge in [0.25, 0.3) is 5.91 Å². The van der Waals surface area contributed by atoms with Crippen molar-refractivity contribution in [3.8, 4) is 16.9 Å². The van der Waals surface area contributed by atoms with Crippen LogP contribution in [0.15, 0.2) is 36.4 Å². The van der Waals surface area contributed by atoms with Gasteiger partial charge in [-0.05, 0) is 47.9 Å². The number of benzene rings is 2. The van der Waals surface area contributed by atoms with E-state index in [4.69, 9.17) is 10.5 Å². The van der Waals surface area contributed by atoms with Gasteiger partial charge in [-0.3, -0.25) is 4.79 Å². The zero-order valence-electron chi connectivity index (χ0n) is 11.9. The summed E-state index contributed by atoms with van der Waals surface area (Å²) in [7, 11) is 3.21. The highest BCUT2D eigenvalue weighted by atomic mass is 16.5. The SMILES string of the molecule is CNC(=O)c1ccc(-c2cc(OC)c(N)cc2C)cc1. The summed E-state index contributed by atoms with van der Waals surface area (Å²) >= 11 is 0. The second-order valence-electron chi connectivity index (χ2n) is 4.57. The fraction of sp³-hybridized carbons (Fsp3) is 0.188. The molecule has 2 aromatic carbocycles. The monoisotopic (exact) mass is 270 g/mol. The Kier molecular flexibility index (Phi) is 3.94. The summed E-state index contributed by atoms with van der Waals surface area (Å²) in [5, 5.41) is 2.60. The number of hydrogen-bond acceptors (Lipinski definition) is 3. The third kappa shape index (κ3) is 2.59. The fourth-order valence-corrected chi connectivity index (χ4v) is 2.14. The van der Waals surface area contributed by atoms with Crippen LogP contribution >= 0.6 is 0 Å². The molecular formula is C16H18N2O2. The lowest BCUT2D eigenvalue weighted by Gasteiger charge is -2.11. The van der Waals surface area contributed by atoms with Crippen LogP contribution in [-0.2, 0) is 0 Å². The first-order chi connectivity index (χ1) is 9.56. The Morgan fingerprint density at radius 2 is 1.85 bits per heavy atom. The van der Waals surface area contributed by atoms with E-state index in [0.717, 1.165) is 16.7 Å². The number of anilines is 1. The molecule has 0 unspecified atom stereocenters. The number of carbonyl (C=O) groups excluding carboxylic acids is 1. The molecule has 3 N–H and O–H groups in total. The van der Waals surface area contributed by atoms with Crippen LogP contribution in [0.1, 0.15) is 15.9 Å². The third-order valence-electron chi connectivity index (χ3n) is 3.26. The lowest BCUT2D eigenvalue weighted by Crippen LogP contribution is -2.17. The highest BCUT2D eigenvalue weighted by Crippen LogP contribution is 2.32. The van der Waals surface area contributed by atoms with Crippen molar-refractivity contribution in [2.45, 2.75) is 6.92 Å². The summed E-state index contributed by atoms with van der Waals surface area (Å²) in [4.78, 5) is 11.5. The Morgan fingerprint density at radius 3 is 2.40 bits per heavy atom. The van der Waals surface area contributed by atoms with Gasteiger partial charge in [-0.25, -0.2) is 0 Å². The minimum absolute atomic E-state index is 0.0943. The average Bonchev–Trinajstić information content (AvgIpc) is 2.47. The van der Waals surface area contributed by atoms with Crippen LogP contribution in [0.2, 0.25) is 0 Å². The van der Waals surface area contributed by atoms with Gasteiger partial charge in [-0.2, -0.15) is 0 Å². The quantitative estimate of drug-likeness (QED) is 0.843. The second-order valence-corrected chi connectivity index (χ2v) is 4.57. The zero-order valence-corrected chi connectivity index (χ0v) is 11.9. The van der Waals surface area contributed by atoms with E-state index in [0.29, 0.717) is 17.0 Å². The van der Waals surface area contributed by atoms with Crippen molar-refractivity contribution in [1.29, 1.82) is 0 Å². The van der Waals surface area contributed by atoms with Crippen LogP contribution in [0.5, 0.6) is 5.75 Å². The zero-order chi connectivity index (χ0) is 14.7. The maximum atomic E-state index is 11.5.